The van der Waals surface area contributed by atoms with E-state index in [-0.39, 0.29) is 11.0 Å². The molecule has 0 saturated carbocycles. The standard InChI is InChI=1S/C21H23N5O3S2/c1-4-18-23-24-21(31-13-14-8-6-5-7-9-14)26(18)25-20(30)22-19(27)15-10-11-16(28-2)17(12-15)29-3/h5-12H,4,13H2,1-3H3,(H2,22,25,27,30). The first-order chi connectivity index (χ1) is 15.0. The van der Waals surface area contributed by atoms with E-state index in [1.807, 2.05) is 25.1 Å². The number of carbonyl (C=O) groups excluding carboxylic acids is 1. The number of thioether (sulfide) groups is 1. The first-order valence-corrected chi connectivity index (χ1v) is 10.9. The molecule has 0 aliphatic heterocycles. The number of benzene rings is 2. The first-order valence-electron chi connectivity index (χ1n) is 9.51. The number of carbonyl (C=O) groups is 1. The summed E-state index contributed by atoms with van der Waals surface area (Å²) in [4.78, 5) is 12.6. The van der Waals surface area contributed by atoms with Crippen molar-refractivity contribution in [1.29, 1.82) is 0 Å². The minimum absolute atomic E-state index is 0.135. The van der Waals surface area contributed by atoms with Crippen LogP contribution in [0.15, 0.2) is 53.7 Å². The Morgan fingerprint density at radius 1 is 1.10 bits per heavy atom. The maximum absolute atomic E-state index is 12.6. The van der Waals surface area contributed by atoms with Crippen molar-refractivity contribution in [1.82, 2.24) is 20.2 Å². The summed E-state index contributed by atoms with van der Waals surface area (Å²) >= 11 is 6.87. The van der Waals surface area contributed by atoms with Gasteiger partial charge in [-0.05, 0) is 36.0 Å². The average molecular weight is 458 g/mol. The van der Waals surface area contributed by atoms with Crippen LogP contribution in [0.4, 0.5) is 0 Å². The normalized spacial score (nSPS) is 10.4. The van der Waals surface area contributed by atoms with Gasteiger partial charge in [0.1, 0.15) is 0 Å². The molecule has 3 aromatic rings. The van der Waals surface area contributed by atoms with Crippen molar-refractivity contribution in [2.24, 2.45) is 0 Å². The third-order valence-electron chi connectivity index (χ3n) is 4.31. The van der Waals surface area contributed by atoms with Gasteiger partial charge in [0.25, 0.3) is 5.91 Å². The molecule has 3 rings (SSSR count). The molecule has 0 radical (unpaired) electrons. The SMILES string of the molecule is CCc1nnc(SCc2ccccc2)n1NC(=S)NC(=O)c1ccc(OC)c(OC)c1. The van der Waals surface area contributed by atoms with Gasteiger partial charge in [0.2, 0.25) is 5.16 Å². The third kappa shape index (κ3) is 5.74. The van der Waals surface area contributed by atoms with Crippen molar-refractivity contribution >= 4 is 35.0 Å². The molecule has 1 heterocycles. The van der Waals surface area contributed by atoms with Gasteiger partial charge in [0.15, 0.2) is 22.4 Å². The Morgan fingerprint density at radius 3 is 2.52 bits per heavy atom. The number of ether oxygens (including phenoxy) is 2. The number of amides is 1. The molecule has 1 aromatic heterocycles. The molecule has 0 atom stereocenters. The van der Waals surface area contributed by atoms with Crippen LogP contribution in [0.1, 0.15) is 28.7 Å². The van der Waals surface area contributed by atoms with Crippen molar-refractivity contribution in [2.75, 3.05) is 19.6 Å². The van der Waals surface area contributed by atoms with E-state index in [0.29, 0.717) is 34.5 Å². The topological polar surface area (TPSA) is 90.3 Å². The number of hydrogen-bond donors (Lipinski definition) is 2. The molecule has 8 nitrogen and oxygen atoms in total. The van der Waals surface area contributed by atoms with Gasteiger partial charge < -0.3 is 9.47 Å². The predicted molar refractivity (Wildman–Crippen MR) is 124 cm³/mol. The Bertz CT molecular complexity index is 1060. The lowest BCUT2D eigenvalue weighted by Gasteiger charge is -2.14. The Kier molecular flexibility index (Phi) is 7.85. The molecular formula is C21H23N5O3S2. The van der Waals surface area contributed by atoms with E-state index in [1.165, 1.54) is 31.5 Å². The van der Waals surface area contributed by atoms with E-state index >= 15 is 0 Å². The minimum Gasteiger partial charge on any atom is -0.493 e. The monoisotopic (exact) mass is 457 g/mol. The van der Waals surface area contributed by atoms with Crippen LogP contribution in [-0.2, 0) is 12.2 Å². The zero-order valence-electron chi connectivity index (χ0n) is 17.4. The highest BCUT2D eigenvalue weighted by atomic mass is 32.2. The summed E-state index contributed by atoms with van der Waals surface area (Å²) in [7, 11) is 3.05. The molecular weight excluding hydrogens is 434 g/mol. The summed E-state index contributed by atoms with van der Waals surface area (Å²) < 4.78 is 12.2. The van der Waals surface area contributed by atoms with Crippen molar-refractivity contribution in [3.63, 3.8) is 0 Å². The molecule has 2 N–H and O–H groups in total. The van der Waals surface area contributed by atoms with Gasteiger partial charge in [-0.25, -0.2) is 4.68 Å². The van der Waals surface area contributed by atoms with Crippen LogP contribution in [0.25, 0.3) is 0 Å². The first kappa shape index (κ1) is 22.6. The van der Waals surface area contributed by atoms with E-state index in [2.05, 4.69) is 33.1 Å². The van der Waals surface area contributed by atoms with E-state index in [9.17, 15) is 4.79 Å². The second kappa shape index (κ2) is 10.8. The minimum atomic E-state index is -0.372. The van der Waals surface area contributed by atoms with Crippen molar-refractivity contribution in [2.45, 2.75) is 24.3 Å². The molecule has 10 heteroatoms. The lowest BCUT2D eigenvalue weighted by atomic mass is 10.2. The molecule has 0 bridgehead atoms. The van der Waals surface area contributed by atoms with Gasteiger partial charge in [-0.15, -0.1) is 10.2 Å². The van der Waals surface area contributed by atoms with E-state index in [0.717, 1.165) is 5.75 Å². The number of nitrogens with zero attached hydrogens (tertiary/aromatic N) is 3. The summed E-state index contributed by atoms with van der Waals surface area (Å²) in [6.45, 7) is 1.97. The number of aromatic nitrogens is 3. The van der Waals surface area contributed by atoms with Gasteiger partial charge in [-0.2, -0.15) is 0 Å². The van der Waals surface area contributed by atoms with Crippen LogP contribution < -0.4 is 20.2 Å². The van der Waals surface area contributed by atoms with E-state index in [1.54, 1.807) is 22.9 Å². The molecule has 2 aromatic carbocycles. The van der Waals surface area contributed by atoms with E-state index < -0.39 is 0 Å². The lowest BCUT2D eigenvalue weighted by molar-refractivity contribution is 0.0977. The quantitative estimate of drug-likeness (QED) is 0.393. The lowest BCUT2D eigenvalue weighted by Crippen LogP contribution is -2.38. The second-order valence-electron chi connectivity index (χ2n) is 6.33. The van der Waals surface area contributed by atoms with Gasteiger partial charge >= 0.3 is 0 Å². The molecule has 0 aliphatic carbocycles. The number of rotatable bonds is 8. The van der Waals surface area contributed by atoms with Gasteiger partial charge in [0.05, 0.1) is 14.2 Å². The fraction of sp³-hybridized carbons (Fsp3) is 0.238. The molecule has 0 fully saturated rings. The number of thiocarbonyl (C=S) groups is 1. The molecule has 162 valence electrons. The van der Waals surface area contributed by atoms with Crippen LogP contribution >= 0.6 is 24.0 Å². The molecule has 31 heavy (non-hydrogen) atoms. The molecule has 0 aliphatic rings. The Balaban J connectivity index is 1.68. The zero-order chi connectivity index (χ0) is 22.2. The van der Waals surface area contributed by atoms with Crippen molar-refractivity contribution < 1.29 is 14.3 Å². The summed E-state index contributed by atoms with van der Waals surface area (Å²) in [5, 5.41) is 11.9. The Labute approximate surface area is 190 Å². The highest BCUT2D eigenvalue weighted by Gasteiger charge is 2.16. The number of methoxy groups -OCH3 is 2. The highest BCUT2D eigenvalue weighted by Crippen LogP contribution is 2.27. The van der Waals surface area contributed by atoms with E-state index in [4.69, 9.17) is 21.7 Å². The average Bonchev–Trinajstić information content (AvgIpc) is 3.18. The fourth-order valence-corrected chi connectivity index (χ4v) is 3.79. The number of nitrogens with one attached hydrogen (secondary N) is 2. The molecule has 0 saturated heterocycles. The largest absolute Gasteiger partial charge is 0.493 e. The summed E-state index contributed by atoms with van der Waals surface area (Å²) in [5.74, 6) is 2.06. The van der Waals surface area contributed by atoms with Crippen LogP contribution in [0.5, 0.6) is 11.5 Å². The molecule has 0 unspecified atom stereocenters. The molecule has 0 spiro atoms. The highest BCUT2D eigenvalue weighted by molar-refractivity contribution is 7.98. The van der Waals surface area contributed by atoms with Crippen LogP contribution in [0.3, 0.4) is 0 Å². The zero-order valence-corrected chi connectivity index (χ0v) is 19.0. The maximum atomic E-state index is 12.6. The maximum Gasteiger partial charge on any atom is 0.257 e. The predicted octanol–water partition coefficient (Wildman–Crippen LogP) is 3.41. The molecule has 1 amide bonds. The van der Waals surface area contributed by atoms with Gasteiger partial charge in [-0.1, -0.05) is 49.0 Å². The summed E-state index contributed by atoms with van der Waals surface area (Å²) in [6, 6.07) is 15.0. The van der Waals surface area contributed by atoms with Crippen molar-refractivity contribution in [3.8, 4) is 11.5 Å². The third-order valence-corrected chi connectivity index (χ3v) is 5.51. The van der Waals surface area contributed by atoms with Crippen LogP contribution in [0.2, 0.25) is 0 Å². The van der Waals surface area contributed by atoms with Crippen molar-refractivity contribution in [3.05, 3.63) is 65.5 Å². The summed E-state index contributed by atoms with van der Waals surface area (Å²) in [6.07, 6.45) is 0.651. The van der Waals surface area contributed by atoms with Gasteiger partial charge in [0, 0.05) is 17.7 Å². The second-order valence-corrected chi connectivity index (χ2v) is 7.68. The smallest absolute Gasteiger partial charge is 0.257 e. The Hall–Kier alpha value is -3.11. The van der Waals surface area contributed by atoms with Crippen LogP contribution in [-0.4, -0.2) is 40.1 Å². The van der Waals surface area contributed by atoms with Gasteiger partial charge in [-0.3, -0.25) is 15.5 Å². The number of hydrogen-bond acceptors (Lipinski definition) is 7. The van der Waals surface area contributed by atoms with Crippen LogP contribution in [0, 0.1) is 0 Å². The summed E-state index contributed by atoms with van der Waals surface area (Å²) in [5.41, 5.74) is 4.57. The Morgan fingerprint density at radius 2 is 1.84 bits per heavy atom. The number of aryl methyl sites for hydroxylation is 1. The fourth-order valence-electron chi connectivity index (χ4n) is 2.74.